The molecule has 0 bridgehead atoms. The van der Waals surface area contributed by atoms with Crippen molar-refractivity contribution < 1.29 is 4.43 Å². The van der Waals surface area contributed by atoms with Gasteiger partial charge < -0.3 is 9.41 Å². The predicted octanol–water partition coefficient (Wildman–Crippen LogP) is 2.36. The van der Waals surface area contributed by atoms with Crippen LogP contribution in [0.2, 0.25) is 6.04 Å². The van der Waals surface area contributed by atoms with E-state index in [4.69, 9.17) is 4.43 Å². The van der Waals surface area contributed by atoms with E-state index in [0.717, 1.165) is 19.7 Å². The molecule has 4 heteroatoms. The molecule has 0 heterocycles. The molecule has 0 spiro atoms. The van der Waals surface area contributed by atoms with Crippen molar-refractivity contribution in [1.82, 2.24) is 9.88 Å². The van der Waals surface area contributed by atoms with Crippen LogP contribution in [0.15, 0.2) is 0 Å². The number of rotatable bonds is 10. The van der Waals surface area contributed by atoms with Crippen molar-refractivity contribution in [1.29, 1.82) is 0 Å². The molecule has 0 aliphatic rings. The van der Waals surface area contributed by atoms with Gasteiger partial charge in [-0.05, 0) is 60.2 Å². The number of nitrogens with one attached hydrogen (secondary N) is 1. The third kappa shape index (κ3) is 7.92. The molecule has 1 unspecified atom stereocenters. The van der Waals surface area contributed by atoms with Gasteiger partial charge in [0.2, 0.25) is 0 Å². The van der Waals surface area contributed by atoms with Crippen molar-refractivity contribution in [3.05, 3.63) is 0 Å². The first-order chi connectivity index (χ1) is 8.02. The Morgan fingerprint density at radius 3 is 2.12 bits per heavy atom. The van der Waals surface area contributed by atoms with Crippen LogP contribution in [-0.2, 0) is 4.43 Å². The fraction of sp³-hybridized carbons (Fsp3) is 1.00. The van der Waals surface area contributed by atoms with Gasteiger partial charge in [0.1, 0.15) is 0 Å². The van der Waals surface area contributed by atoms with E-state index in [0.29, 0.717) is 12.1 Å². The predicted molar refractivity (Wildman–Crippen MR) is 78.9 cm³/mol. The van der Waals surface area contributed by atoms with Crippen LogP contribution in [0, 0.1) is 0 Å². The van der Waals surface area contributed by atoms with Gasteiger partial charge in [-0.3, -0.25) is 4.90 Å². The molecule has 0 aliphatic carbocycles. The van der Waals surface area contributed by atoms with Crippen LogP contribution in [0.4, 0.5) is 0 Å². The maximum absolute atomic E-state index is 5.86. The summed E-state index contributed by atoms with van der Waals surface area (Å²) >= 11 is 0. The Balaban J connectivity index is 4.06. The smallest absolute Gasteiger partial charge is 0.253 e. The molecule has 17 heavy (non-hydrogen) atoms. The SMILES string of the molecule is CCCN[SiH](CCN(C(C)C)C(C)C)OCC. The second-order valence-electron chi connectivity index (χ2n) is 5.11. The minimum absolute atomic E-state index is 0.623. The second-order valence-corrected chi connectivity index (χ2v) is 7.41. The molecule has 1 atom stereocenters. The fourth-order valence-corrected chi connectivity index (χ4v) is 4.16. The van der Waals surface area contributed by atoms with E-state index < -0.39 is 9.20 Å². The van der Waals surface area contributed by atoms with Gasteiger partial charge in [0.25, 0.3) is 9.20 Å². The van der Waals surface area contributed by atoms with Crippen LogP contribution in [0.1, 0.15) is 48.0 Å². The van der Waals surface area contributed by atoms with Crippen LogP contribution in [0.5, 0.6) is 0 Å². The van der Waals surface area contributed by atoms with Crippen molar-refractivity contribution in [2.75, 3.05) is 19.7 Å². The largest absolute Gasteiger partial charge is 0.406 e. The highest BCUT2D eigenvalue weighted by atomic mass is 28.3. The second kappa shape index (κ2) is 10.1. The van der Waals surface area contributed by atoms with E-state index in [1.807, 2.05) is 0 Å². The van der Waals surface area contributed by atoms with Crippen LogP contribution in [-0.4, -0.2) is 45.9 Å². The Labute approximate surface area is 110 Å². The Bertz CT molecular complexity index is 169. The topological polar surface area (TPSA) is 24.5 Å². The Kier molecular flexibility index (Phi) is 10.1. The minimum atomic E-state index is -1.18. The monoisotopic (exact) mass is 260 g/mol. The Morgan fingerprint density at radius 1 is 1.12 bits per heavy atom. The molecule has 0 fully saturated rings. The minimum Gasteiger partial charge on any atom is -0.406 e. The number of hydrogen-bond donors (Lipinski definition) is 1. The zero-order chi connectivity index (χ0) is 13.3. The first-order valence-corrected chi connectivity index (χ1v) is 9.00. The molecule has 1 N–H and O–H groups in total. The van der Waals surface area contributed by atoms with Gasteiger partial charge in [-0.2, -0.15) is 0 Å². The summed E-state index contributed by atoms with van der Waals surface area (Å²) in [4.78, 5) is 6.14. The average Bonchev–Trinajstić information content (AvgIpc) is 2.24. The van der Waals surface area contributed by atoms with Crippen molar-refractivity contribution in [2.45, 2.75) is 66.1 Å². The summed E-state index contributed by atoms with van der Waals surface area (Å²) < 4.78 is 5.86. The summed E-state index contributed by atoms with van der Waals surface area (Å²) in [5, 5.41) is 0. The number of nitrogens with zero attached hydrogens (tertiary/aromatic N) is 1. The third-order valence-corrected chi connectivity index (χ3v) is 5.23. The lowest BCUT2D eigenvalue weighted by Gasteiger charge is -2.31. The highest BCUT2D eigenvalue weighted by Gasteiger charge is 2.17. The molecule has 0 aromatic carbocycles. The molecule has 0 saturated carbocycles. The summed E-state index contributed by atoms with van der Waals surface area (Å²) in [5.41, 5.74) is 0. The molecule has 104 valence electrons. The zero-order valence-corrected chi connectivity index (χ0v) is 13.8. The molecule has 0 aromatic heterocycles. The van der Waals surface area contributed by atoms with Gasteiger partial charge in [0, 0.05) is 18.7 Å². The molecular formula is C13H32N2OSi. The lowest BCUT2D eigenvalue weighted by Crippen LogP contribution is -2.44. The molecule has 0 amide bonds. The van der Waals surface area contributed by atoms with Gasteiger partial charge in [-0.15, -0.1) is 0 Å². The van der Waals surface area contributed by atoms with Crippen molar-refractivity contribution in [3.8, 4) is 0 Å². The first-order valence-electron chi connectivity index (χ1n) is 7.13. The molecular weight excluding hydrogens is 228 g/mol. The summed E-state index contributed by atoms with van der Waals surface area (Å²) in [6.07, 6.45) is 1.19. The number of hydrogen-bond acceptors (Lipinski definition) is 3. The third-order valence-electron chi connectivity index (χ3n) is 2.97. The van der Waals surface area contributed by atoms with Crippen LogP contribution >= 0.6 is 0 Å². The highest BCUT2D eigenvalue weighted by Crippen LogP contribution is 2.07. The van der Waals surface area contributed by atoms with E-state index in [-0.39, 0.29) is 0 Å². The standard InChI is InChI=1S/C13H32N2OSi/c1-7-9-14-17(16-8-2)11-10-15(12(3)4)13(5)6/h12-14,17H,7-11H2,1-6H3. The van der Waals surface area contributed by atoms with Gasteiger partial charge in [-0.25, -0.2) is 0 Å². The van der Waals surface area contributed by atoms with Gasteiger partial charge in [0.05, 0.1) is 0 Å². The summed E-state index contributed by atoms with van der Waals surface area (Å²) in [5.74, 6) is 0. The Hall–Kier alpha value is 0.0969. The molecule has 0 aliphatic heterocycles. The van der Waals surface area contributed by atoms with E-state index in [1.54, 1.807) is 0 Å². The summed E-state index contributed by atoms with van der Waals surface area (Å²) in [6.45, 7) is 16.5. The summed E-state index contributed by atoms with van der Waals surface area (Å²) in [6, 6.07) is 2.44. The van der Waals surface area contributed by atoms with Crippen molar-refractivity contribution in [3.63, 3.8) is 0 Å². The normalized spacial score (nSPS) is 13.9. The lowest BCUT2D eigenvalue weighted by atomic mass is 10.2. The molecule has 0 saturated heterocycles. The fourth-order valence-electron chi connectivity index (χ4n) is 2.13. The molecule has 0 radical (unpaired) electrons. The first kappa shape index (κ1) is 17.1. The average molecular weight is 260 g/mol. The van der Waals surface area contributed by atoms with Crippen LogP contribution in [0.25, 0.3) is 0 Å². The van der Waals surface area contributed by atoms with Gasteiger partial charge in [-0.1, -0.05) is 6.92 Å². The van der Waals surface area contributed by atoms with E-state index in [2.05, 4.69) is 51.4 Å². The van der Waals surface area contributed by atoms with Crippen LogP contribution < -0.4 is 4.98 Å². The van der Waals surface area contributed by atoms with Crippen molar-refractivity contribution >= 4 is 9.20 Å². The van der Waals surface area contributed by atoms with Gasteiger partial charge in [0.15, 0.2) is 0 Å². The quantitative estimate of drug-likeness (QED) is 0.610. The van der Waals surface area contributed by atoms with Gasteiger partial charge >= 0.3 is 0 Å². The van der Waals surface area contributed by atoms with E-state index >= 15 is 0 Å². The highest BCUT2D eigenvalue weighted by molar-refractivity contribution is 6.48. The molecule has 3 nitrogen and oxygen atoms in total. The zero-order valence-electron chi connectivity index (χ0n) is 12.6. The maximum Gasteiger partial charge on any atom is 0.253 e. The summed E-state index contributed by atoms with van der Waals surface area (Å²) in [7, 11) is -1.18. The van der Waals surface area contributed by atoms with Crippen molar-refractivity contribution in [2.24, 2.45) is 0 Å². The van der Waals surface area contributed by atoms with E-state index in [9.17, 15) is 0 Å². The van der Waals surface area contributed by atoms with Crippen LogP contribution in [0.3, 0.4) is 0 Å². The maximum atomic E-state index is 5.86. The molecule has 0 rings (SSSR count). The lowest BCUT2D eigenvalue weighted by molar-refractivity contribution is 0.181. The van der Waals surface area contributed by atoms with E-state index in [1.165, 1.54) is 12.5 Å². The Morgan fingerprint density at radius 2 is 1.71 bits per heavy atom. The molecule has 0 aromatic rings.